The van der Waals surface area contributed by atoms with Gasteiger partial charge in [-0.05, 0) is 32.0 Å². The third-order valence-corrected chi connectivity index (χ3v) is 3.16. The molecule has 1 heterocycles. The zero-order chi connectivity index (χ0) is 15.6. The molecule has 0 amide bonds. The number of pyridine rings is 1. The number of carbonyl (C=O) groups is 1. The summed E-state index contributed by atoms with van der Waals surface area (Å²) in [6, 6.07) is 6.26. The van der Waals surface area contributed by atoms with Gasteiger partial charge in [0.2, 0.25) is 0 Å². The molecule has 7 heteroatoms. The Labute approximate surface area is 121 Å². The molecule has 0 spiro atoms. The molecular formula is C14H15N3O4. The highest BCUT2D eigenvalue weighted by Crippen LogP contribution is 2.32. The summed E-state index contributed by atoms with van der Waals surface area (Å²) in [4.78, 5) is 27.4. The molecule has 0 unspecified atom stereocenters. The highest BCUT2D eigenvalue weighted by molar-refractivity contribution is 5.98. The summed E-state index contributed by atoms with van der Waals surface area (Å²) in [5, 5.41) is 20.7. The van der Waals surface area contributed by atoms with Crippen LogP contribution in [-0.2, 0) is 4.79 Å². The van der Waals surface area contributed by atoms with Crippen LogP contribution < -0.4 is 4.90 Å². The minimum atomic E-state index is -0.959. The van der Waals surface area contributed by atoms with Crippen molar-refractivity contribution < 1.29 is 14.8 Å². The van der Waals surface area contributed by atoms with Crippen LogP contribution in [-0.4, -0.2) is 33.6 Å². The molecule has 0 aliphatic carbocycles. The largest absolute Gasteiger partial charge is 0.480 e. The Balaban J connectivity index is 2.66. The number of aliphatic carboxylic acids is 1. The fourth-order valence-corrected chi connectivity index (χ4v) is 2.23. The number of aromatic nitrogens is 1. The summed E-state index contributed by atoms with van der Waals surface area (Å²) in [5.41, 5.74) is 0.797. The van der Waals surface area contributed by atoms with E-state index in [1.54, 1.807) is 23.1 Å². The van der Waals surface area contributed by atoms with Crippen LogP contribution in [0.25, 0.3) is 10.9 Å². The van der Waals surface area contributed by atoms with E-state index in [4.69, 9.17) is 5.11 Å². The minimum absolute atomic E-state index is 0.0639. The number of benzene rings is 1. The van der Waals surface area contributed by atoms with Gasteiger partial charge < -0.3 is 10.0 Å². The molecule has 0 bridgehead atoms. The van der Waals surface area contributed by atoms with Crippen LogP contribution in [0.3, 0.4) is 0 Å². The highest BCUT2D eigenvalue weighted by atomic mass is 16.6. The number of nitro benzene ring substituents is 1. The molecule has 7 nitrogen and oxygen atoms in total. The van der Waals surface area contributed by atoms with Crippen LogP contribution in [0.4, 0.5) is 11.4 Å². The number of fused-ring (bicyclic) bond motifs is 1. The second kappa shape index (κ2) is 5.74. The van der Waals surface area contributed by atoms with E-state index in [2.05, 4.69) is 4.98 Å². The first-order valence-electron chi connectivity index (χ1n) is 6.42. The maximum Gasteiger partial charge on any atom is 0.323 e. The van der Waals surface area contributed by atoms with Gasteiger partial charge in [0.15, 0.2) is 0 Å². The van der Waals surface area contributed by atoms with Gasteiger partial charge in [-0.25, -0.2) is 4.98 Å². The molecule has 0 saturated carbocycles. The van der Waals surface area contributed by atoms with Gasteiger partial charge in [0.25, 0.3) is 5.69 Å². The quantitative estimate of drug-likeness (QED) is 0.670. The van der Waals surface area contributed by atoms with Gasteiger partial charge in [-0.15, -0.1) is 0 Å². The predicted molar refractivity (Wildman–Crippen MR) is 78.5 cm³/mol. The molecule has 0 saturated heterocycles. The summed E-state index contributed by atoms with van der Waals surface area (Å²) < 4.78 is 0. The first kappa shape index (κ1) is 14.7. The number of anilines is 1. The molecule has 21 heavy (non-hydrogen) atoms. The van der Waals surface area contributed by atoms with Crippen LogP contribution in [0.1, 0.15) is 13.8 Å². The monoisotopic (exact) mass is 289 g/mol. The second-order valence-electron chi connectivity index (χ2n) is 4.88. The van der Waals surface area contributed by atoms with Crippen molar-refractivity contribution in [1.29, 1.82) is 0 Å². The van der Waals surface area contributed by atoms with E-state index in [1.165, 1.54) is 12.3 Å². The van der Waals surface area contributed by atoms with Crippen LogP contribution >= 0.6 is 0 Å². The zero-order valence-corrected chi connectivity index (χ0v) is 11.7. The molecule has 110 valence electrons. The van der Waals surface area contributed by atoms with Crippen LogP contribution in [0.2, 0.25) is 0 Å². The Morgan fingerprint density at radius 1 is 1.43 bits per heavy atom. The van der Waals surface area contributed by atoms with Crippen LogP contribution in [0.15, 0.2) is 30.5 Å². The topological polar surface area (TPSA) is 96.6 Å². The van der Waals surface area contributed by atoms with E-state index in [-0.39, 0.29) is 23.8 Å². The maximum atomic E-state index is 11.1. The fraction of sp³-hybridized carbons (Fsp3) is 0.286. The van der Waals surface area contributed by atoms with E-state index in [0.29, 0.717) is 11.1 Å². The number of nitro groups is 1. The number of hydrogen-bond donors (Lipinski definition) is 1. The summed E-state index contributed by atoms with van der Waals surface area (Å²) in [6.45, 7) is 3.55. The molecule has 0 radical (unpaired) electrons. The van der Waals surface area contributed by atoms with Crippen molar-refractivity contribution in [3.63, 3.8) is 0 Å². The minimum Gasteiger partial charge on any atom is -0.480 e. The fourth-order valence-electron chi connectivity index (χ4n) is 2.23. The smallest absolute Gasteiger partial charge is 0.323 e. The second-order valence-corrected chi connectivity index (χ2v) is 4.88. The third-order valence-electron chi connectivity index (χ3n) is 3.16. The van der Waals surface area contributed by atoms with Crippen molar-refractivity contribution in [2.24, 2.45) is 0 Å². The van der Waals surface area contributed by atoms with Crippen molar-refractivity contribution in [1.82, 2.24) is 4.98 Å². The normalized spacial score (nSPS) is 10.8. The SMILES string of the molecule is CC(C)N(CC(=O)O)c1ccc([N+](=O)[O-])c2ncccc12. The van der Waals surface area contributed by atoms with Gasteiger partial charge in [-0.1, -0.05) is 0 Å². The van der Waals surface area contributed by atoms with E-state index < -0.39 is 10.9 Å². The lowest BCUT2D eigenvalue weighted by atomic mass is 10.1. The number of nitrogens with zero attached hydrogens (tertiary/aromatic N) is 3. The number of carboxylic acid groups (broad SMARTS) is 1. The summed E-state index contributed by atoms with van der Waals surface area (Å²) in [7, 11) is 0. The summed E-state index contributed by atoms with van der Waals surface area (Å²) in [6.07, 6.45) is 1.48. The van der Waals surface area contributed by atoms with Gasteiger partial charge in [-0.3, -0.25) is 14.9 Å². The lowest BCUT2D eigenvalue weighted by Crippen LogP contribution is -2.35. The van der Waals surface area contributed by atoms with Gasteiger partial charge in [-0.2, -0.15) is 0 Å². The Bertz CT molecular complexity index is 700. The van der Waals surface area contributed by atoms with E-state index in [0.717, 1.165) is 0 Å². The average molecular weight is 289 g/mol. The maximum absolute atomic E-state index is 11.1. The Kier molecular flexibility index (Phi) is 4.02. The predicted octanol–water partition coefficient (Wildman–Crippen LogP) is 2.44. The van der Waals surface area contributed by atoms with Crippen molar-refractivity contribution in [3.05, 3.63) is 40.6 Å². The Morgan fingerprint density at radius 3 is 2.71 bits per heavy atom. The molecule has 1 aromatic heterocycles. The molecule has 0 aliphatic rings. The van der Waals surface area contributed by atoms with E-state index >= 15 is 0 Å². The molecule has 0 fully saturated rings. The molecule has 2 rings (SSSR count). The number of non-ortho nitro benzene ring substituents is 1. The molecule has 2 aromatic rings. The lowest BCUT2D eigenvalue weighted by Gasteiger charge is -2.28. The molecule has 0 atom stereocenters. The Hall–Kier alpha value is -2.70. The first-order chi connectivity index (χ1) is 9.91. The molecule has 0 aliphatic heterocycles. The third kappa shape index (κ3) is 2.91. The van der Waals surface area contributed by atoms with E-state index in [1.807, 2.05) is 13.8 Å². The van der Waals surface area contributed by atoms with E-state index in [9.17, 15) is 14.9 Å². The Morgan fingerprint density at radius 2 is 2.14 bits per heavy atom. The molecule has 1 aromatic carbocycles. The number of hydrogen-bond acceptors (Lipinski definition) is 5. The van der Waals surface area contributed by atoms with Crippen molar-refractivity contribution >= 4 is 28.2 Å². The van der Waals surface area contributed by atoms with Gasteiger partial charge in [0, 0.05) is 29.4 Å². The number of carboxylic acids is 1. The van der Waals surface area contributed by atoms with Gasteiger partial charge in [0.05, 0.1) is 4.92 Å². The van der Waals surface area contributed by atoms with Gasteiger partial charge in [0.1, 0.15) is 12.1 Å². The van der Waals surface area contributed by atoms with Gasteiger partial charge >= 0.3 is 5.97 Å². The zero-order valence-electron chi connectivity index (χ0n) is 11.7. The summed E-state index contributed by atoms with van der Waals surface area (Å²) >= 11 is 0. The lowest BCUT2D eigenvalue weighted by molar-refractivity contribution is -0.383. The average Bonchev–Trinajstić information content (AvgIpc) is 2.43. The highest BCUT2D eigenvalue weighted by Gasteiger charge is 2.21. The van der Waals surface area contributed by atoms with Crippen molar-refractivity contribution in [2.75, 3.05) is 11.4 Å². The van der Waals surface area contributed by atoms with Crippen molar-refractivity contribution in [2.45, 2.75) is 19.9 Å². The van der Waals surface area contributed by atoms with Crippen molar-refractivity contribution in [3.8, 4) is 0 Å². The van der Waals surface area contributed by atoms with Crippen LogP contribution in [0, 0.1) is 10.1 Å². The molecular weight excluding hydrogens is 274 g/mol. The standard InChI is InChI=1S/C14H15N3O4/c1-9(2)16(8-13(18)19)11-5-6-12(17(20)21)14-10(11)4-3-7-15-14/h3-7,9H,8H2,1-2H3,(H,18,19). The number of rotatable bonds is 5. The molecule has 1 N–H and O–H groups in total. The van der Waals surface area contributed by atoms with Crippen LogP contribution in [0.5, 0.6) is 0 Å². The first-order valence-corrected chi connectivity index (χ1v) is 6.42. The summed E-state index contributed by atoms with van der Waals surface area (Å²) in [5.74, 6) is -0.959.